The van der Waals surface area contributed by atoms with Crippen molar-refractivity contribution in [2.75, 3.05) is 31.2 Å². The van der Waals surface area contributed by atoms with Crippen LogP contribution in [-0.4, -0.2) is 48.3 Å². The third-order valence-electron chi connectivity index (χ3n) is 6.66. The SMILES string of the molecule is CCCCCCCCOC(=O)c1ccc(OC/C(=N\O)c2ccc(N(CC)CC)c(C(C)(C)C)c2)cc1O. The average Bonchev–Trinajstić information content (AvgIpc) is 2.89. The number of phenolic OH excluding ortho intramolecular Hbond substituents is 1. The number of phenols is 1. The summed E-state index contributed by atoms with van der Waals surface area (Å²) in [5.41, 5.74) is 3.42. The standard InChI is InChI=1S/C31H46N2O5/c1-7-10-11-12-13-14-19-37-30(35)25-17-16-24(21-29(25)34)38-22-27(32-36)23-15-18-28(33(8-2)9-3)26(20-23)31(4,5)6/h15-18,20-21,34,36H,7-14,19,22H2,1-6H3/b32-27+. The molecular weight excluding hydrogens is 480 g/mol. The predicted molar refractivity (Wildman–Crippen MR) is 154 cm³/mol. The van der Waals surface area contributed by atoms with E-state index in [-0.39, 0.29) is 23.3 Å². The lowest BCUT2D eigenvalue weighted by molar-refractivity contribution is 0.0494. The molecule has 0 aliphatic heterocycles. The van der Waals surface area contributed by atoms with Gasteiger partial charge < -0.3 is 24.7 Å². The van der Waals surface area contributed by atoms with Gasteiger partial charge in [-0.15, -0.1) is 0 Å². The molecule has 0 spiro atoms. The Hall–Kier alpha value is -3.22. The van der Waals surface area contributed by atoms with Gasteiger partial charge in [-0.3, -0.25) is 0 Å². The van der Waals surface area contributed by atoms with Crippen molar-refractivity contribution in [2.45, 2.75) is 85.5 Å². The van der Waals surface area contributed by atoms with E-state index in [1.54, 1.807) is 6.07 Å². The molecule has 0 bridgehead atoms. The van der Waals surface area contributed by atoms with Crippen LogP contribution in [0.25, 0.3) is 0 Å². The number of anilines is 1. The van der Waals surface area contributed by atoms with Gasteiger partial charge in [0.15, 0.2) is 0 Å². The Morgan fingerprint density at radius 1 is 0.947 bits per heavy atom. The van der Waals surface area contributed by atoms with Crippen LogP contribution in [0.2, 0.25) is 0 Å². The van der Waals surface area contributed by atoms with Crippen LogP contribution in [0.1, 0.15) is 102 Å². The maximum Gasteiger partial charge on any atom is 0.341 e. The number of oxime groups is 1. The minimum Gasteiger partial charge on any atom is -0.507 e. The van der Waals surface area contributed by atoms with Crippen LogP contribution in [-0.2, 0) is 10.2 Å². The second-order valence-electron chi connectivity index (χ2n) is 10.6. The molecule has 0 saturated carbocycles. The van der Waals surface area contributed by atoms with E-state index in [1.165, 1.54) is 31.4 Å². The maximum atomic E-state index is 12.4. The summed E-state index contributed by atoms with van der Waals surface area (Å²) in [6.45, 7) is 15.1. The monoisotopic (exact) mass is 526 g/mol. The van der Waals surface area contributed by atoms with Crippen molar-refractivity contribution in [3.8, 4) is 11.5 Å². The number of rotatable bonds is 15. The molecule has 0 atom stereocenters. The highest BCUT2D eigenvalue weighted by atomic mass is 16.5. The normalized spacial score (nSPS) is 11.9. The maximum absolute atomic E-state index is 12.4. The lowest BCUT2D eigenvalue weighted by Gasteiger charge is -2.30. The van der Waals surface area contributed by atoms with Crippen LogP contribution in [0.4, 0.5) is 5.69 Å². The van der Waals surface area contributed by atoms with E-state index in [9.17, 15) is 15.1 Å². The van der Waals surface area contributed by atoms with Crippen molar-refractivity contribution in [3.63, 3.8) is 0 Å². The molecule has 210 valence electrons. The summed E-state index contributed by atoms with van der Waals surface area (Å²) in [7, 11) is 0. The van der Waals surface area contributed by atoms with Crippen molar-refractivity contribution in [1.29, 1.82) is 0 Å². The van der Waals surface area contributed by atoms with E-state index in [0.717, 1.165) is 49.2 Å². The average molecular weight is 527 g/mol. The van der Waals surface area contributed by atoms with Gasteiger partial charge in [0.05, 0.1) is 6.61 Å². The van der Waals surface area contributed by atoms with Gasteiger partial charge in [0.25, 0.3) is 0 Å². The predicted octanol–water partition coefficient (Wildman–Crippen LogP) is 7.31. The second-order valence-corrected chi connectivity index (χ2v) is 10.6. The van der Waals surface area contributed by atoms with Crippen molar-refractivity contribution >= 4 is 17.4 Å². The number of hydrogen-bond donors (Lipinski definition) is 2. The minimum atomic E-state index is -0.553. The molecule has 38 heavy (non-hydrogen) atoms. The van der Waals surface area contributed by atoms with Crippen LogP contribution < -0.4 is 9.64 Å². The number of ether oxygens (including phenoxy) is 2. The van der Waals surface area contributed by atoms with Crippen molar-refractivity contribution < 1.29 is 24.6 Å². The van der Waals surface area contributed by atoms with Gasteiger partial charge in [0, 0.05) is 30.4 Å². The van der Waals surface area contributed by atoms with Gasteiger partial charge in [0.2, 0.25) is 0 Å². The number of unbranched alkanes of at least 4 members (excludes halogenated alkanes) is 5. The van der Waals surface area contributed by atoms with Gasteiger partial charge in [-0.2, -0.15) is 0 Å². The largest absolute Gasteiger partial charge is 0.507 e. The third-order valence-corrected chi connectivity index (χ3v) is 6.66. The van der Waals surface area contributed by atoms with Crippen LogP contribution in [0, 0.1) is 0 Å². The fourth-order valence-electron chi connectivity index (χ4n) is 4.38. The molecule has 2 aromatic rings. The number of hydrogen-bond acceptors (Lipinski definition) is 7. The number of aromatic hydroxyl groups is 1. The Morgan fingerprint density at radius 2 is 1.63 bits per heavy atom. The molecule has 0 radical (unpaired) electrons. The van der Waals surface area contributed by atoms with E-state index in [4.69, 9.17) is 9.47 Å². The Kier molecular flexibility index (Phi) is 12.4. The molecule has 0 saturated heterocycles. The summed E-state index contributed by atoms with van der Waals surface area (Å²) in [6.07, 6.45) is 6.61. The number of carbonyl (C=O) groups is 1. The van der Waals surface area contributed by atoms with Gasteiger partial charge in [0.1, 0.15) is 29.4 Å². The number of nitrogens with zero attached hydrogens (tertiary/aromatic N) is 2. The van der Waals surface area contributed by atoms with Gasteiger partial charge >= 0.3 is 5.97 Å². The van der Waals surface area contributed by atoms with Crippen LogP contribution in [0.5, 0.6) is 11.5 Å². The highest BCUT2D eigenvalue weighted by Gasteiger charge is 2.22. The molecule has 7 heteroatoms. The Balaban J connectivity index is 2.04. The molecule has 7 nitrogen and oxygen atoms in total. The third kappa shape index (κ3) is 8.96. The first kappa shape index (κ1) is 31.0. The zero-order chi connectivity index (χ0) is 28.1. The summed E-state index contributed by atoms with van der Waals surface area (Å²) >= 11 is 0. The van der Waals surface area contributed by atoms with E-state index < -0.39 is 5.97 Å². The topological polar surface area (TPSA) is 91.6 Å². The Bertz CT molecular complexity index is 1050. The fourth-order valence-corrected chi connectivity index (χ4v) is 4.38. The highest BCUT2D eigenvalue weighted by Crippen LogP contribution is 2.33. The van der Waals surface area contributed by atoms with Gasteiger partial charge in [-0.05, 0) is 55.5 Å². The fraction of sp³-hybridized carbons (Fsp3) is 0.548. The quantitative estimate of drug-likeness (QED) is 0.0831. The van der Waals surface area contributed by atoms with Gasteiger partial charge in [-0.25, -0.2) is 4.79 Å². The molecule has 2 rings (SSSR count). The van der Waals surface area contributed by atoms with Crippen molar-refractivity contribution in [2.24, 2.45) is 5.16 Å². The van der Waals surface area contributed by atoms with E-state index >= 15 is 0 Å². The summed E-state index contributed by atoms with van der Waals surface area (Å²) in [4.78, 5) is 14.7. The summed E-state index contributed by atoms with van der Waals surface area (Å²) in [6, 6.07) is 10.5. The summed E-state index contributed by atoms with van der Waals surface area (Å²) < 4.78 is 11.1. The van der Waals surface area contributed by atoms with E-state index in [0.29, 0.717) is 18.1 Å². The number of carbonyl (C=O) groups excluding carboxylic acids is 1. The molecule has 0 unspecified atom stereocenters. The first-order valence-electron chi connectivity index (χ1n) is 13.9. The van der Waals surface area contributed by atoms with Crippen LogP contribution >= 0.6 is 0 Å². The van der Waals surface area contributed by atoms with E-state index in [1.807, 2.05) is 12.1 Å². The molecule has 0 heterocycles. The van der Waals surface area contributed by atoms with Crippen LogP contribution in [0.3, 0.4) is 0 Å². The summed E-state index contributed by atoms with van der Waals surface area (Å²) in [5, 5.41) is 23.6. The highest BCUT2D eigenvalue weighted by molar-refractivity contribution is 6.02. The van der Waals surface area contributed by atoms with Crippen molar-refractivity contribution in [3.05, 3.63) is 53.1 Å². The zero-order valence-corrected chi connectivity index (χ0v) is 24.0. The molecule has 2 aromatic carbocycles. The second kappa shape index (κ2) is 15.3. The molecule has 2 N–H and O–H groups in total. The summed E-state index contributed by atoms with van der Waals surface area (Å²) in [5.74, 6) is -0.410. The smallest absolute Gasteiger partial charge is 0.341 e. The Labute approximate surface area is 228 Å². The van der Waals surface area contributed by atoms with E-state index in [2.05, 4.69) is 57.7 Å². The zero-order valence-electron chi connectivity index (χ0n) is 24.0. The molecule has 0 aliphatic rings. The van der Waals surface area contributed by atoms with Crippen LogP contribution in [0.15, 0.2) is 41.6 Å². The molecule has 0 amide bonds. The number of benzene rings is 2. The molecule has 0 aliphatic carbocycles. The first-order valence-corrected chi connectivity index (χ1v) is 13.9. The van der Waals surface area contributed by atoms with Crippen molar-refractivity contribution in [1.82, 2.24) is 0 Å². The van der Waals surface area contributed by atoms with Gasteiger partial charge in [-0.1, -0.05) is 71.0 Å². The lowest BCUT2D eigenvalue weighted by Crippen LogP contribution is -2.27. The lowest BCUT2D eigenvalue weighted by atomic mass is 9.84. The molecule has 0 fully saturated rings. The molecule has 0 aromatic heterocycles. The number of esters is 1. The molecular formula is C31H46N2O5. The Morgan fingerprint density at radius 3 is 2.24 bits per heavy atom. The first-order chi connectivity index (χ1) is 18.2. The minimum absolute atomic E-state index is 0.00797.